The summed E-state index contributed by atoms with van der Waals surface area (Å²) < 4.78 is 5.03. The number of amides is 1. The second-order valence-corrected chi connectivity index (χ2v) is 6.45. The number of nitrogens with zero attached hydrogens (tertiary/aromatic N) is 1. The minimum atomic E-state index is -0.413. The van der Waals surface area contributed by atoms with E-state index in [0.29, 0.717) is 36.2 Å². The van der Waals surface area contributed by atoms with Gasteiger partial charge in [-0.2, -0.15) is 0 Å². The lowest BCUT2D eigenvalue weighted by molar-refractivity contribution is -0.117. The first-order valence-corrected chi connectivity index (χ1v) is 8.28. The minimum absolute atomic E-state index is 0.0944. The Morgan fingerprint density at radius 1 is 1.22 bits per heavy atom. The molecule has 0 bridgehead atoms. The van der Waals surface area contributed by atoms with Crippen LogP contribution in [0, 0.1) is 11.8 Å². The van der Waals surface area contributed by atoms with Crippen LogP contribution >= 0.6 is 0 Å². The summed E-state index contributed by atoms with van der Waals surface area (Å²) in [5.74, 6) is 0.711. The van der Waals surface area contributed by atoms with E-state index in [4.69, 9.17) is 4.74 Å². The lowest BCUT2D eigenvalue weighted by atomic mass is 9.92. The molecule has 23 heavy (non-hydrogen) atoms. The molecule has 0 aliphatic carbocycles. The van der Waals surface area contributed by atoms with Crippen LogP contribution in [0.15, 0.2) is 24.3 Å². The number of carbonyl (C=O) groups is 2. The lowest BCUT2D eigenvalue weighted by Crippen LogP contribution is -2.42. The number of piperidine rings is 1. The Bertz CT molecular complexity index is 549. The zero-order valence-corrected chi connectivity index (χ0v) is 14.2. The van der Waals surface area contributed by atoms with Gasteiger partial charge in [0.2, 0.25) is 5.91 Å². The third-order valence-electron chi connectivity index (χ3n) is 4.01. The zero-order chi connectivity index (χ0) is 16.8. The number of likely N-dealkylation sites (tertiary alicyclic amines) is 1. The molecule has 1 aromatic carbocycles. The fourth-order valence-electron chi connectivity index (χ4n) is 3.29. The number of benzene rings is 1. The van der Waals surface area contributed by atoms with Gasteiger partial charge in [0.15, 0.2) is 0 Å². The van der Waals surface area contributed by atoms with Crippen molar-refractivity contribution in [3.63, 3.8) is 0 Å². The van der Waals surface area contributed by atoms with E-state index >= 15 is 0 Å². The highest BCUT2D eigenvalue weighted by atomic mass is 16.5. The van der Waals surface area contributed by atoms with E-state index in [1.54, 1.807) is 31.2 Å². The summed E-state index contributed by atoms with van der Waals surface area (Å²) in [5, 5.41) is 2.85. The monoisotopic (exact) mass is 318 g/mol. The number of nitrogens with one attached hydrogen (secondary N) is 1. The Morgan fingerprint density at radius 2 is 1.87 bits per heavy atom. The quantitative estimate of drug-likeness (QED) is 0.848. The van der Waals surface area contributed by atoms with Gasteiger partial charge in [0, 0.05) is 13.1 Å². The molecule has 1 heterocycles. The van der Waals surface area contributed by atoms with Gasteiger partial charge in [-0.1, -0.05) is 26.0 Å². The van der Waals surface area contributed by atoms with Crippen molar-refractivity contribution < 1.29 is 14.3 Å². The molecular weight excluding hydrogens is 292 g/mol. The number of ether oxygens (including phenoxy) is 1. The number of carbonyl (C=O) groups excluding carboxylic acids is 2. The summed E-state index contributed by atoms with van der Waals surface area (Å²) >= 11 is 0. The van der Waals surface area contributed by atoms with Crippen molar-refractivity contribution in [1.29, 1.82) is 0 Å². The third-order valence-corrected chi connectivity index (χ3v) is 4.01. The Hall–Kier alpha value is -1.88. The molecule has 1 aliphatic rings. The molecule has 2 atom stereocenters. The molecule has 126 valence electrons. The Morgan fingerprint density at radius 3 is 2.52 bits per heavy atom. The second kappa shape index (κ2) is 8.11. The van der Waals surface area contributed by atoms with Crippen LogP contribution in [-0.2, 0) is 9.53 Å². The molecule has 0 spiro atoms. The zero-order valence-electron chi connectivity index (χ0n) is 14.2. The molecule has 0 saturated carbocycles. The van der Waals surface area contributed by atoms with Crippen molar-refractivity contribution in [3.8, 4) is 0 Å². The number of esters is 1. The predicted molar refractivity (Wildman–Crippen MR) is 90.4 cm³/mol. The molecule has 5 nitrogen and oxygen atoms in total. The van der Waals surface area contributed by atoms with Crippen molar-refractivity contribution >= 4 is 17.6 Å². The minimum Gasteiger partial charge on any atom is -0.462 e. The summed E-state index contributed by atoms with van der Waals surface area (Å²) in [5.41, 5.74) is 0.900. The first-order valence-electron chi connectivity index (χ1n) is 8.28. The molecule has 0 aromatic heterocycles. The Balaban J connectivity index is 1.99. The van der Waals surface area contributed by atoms with Crippen LogP contribution in [0.3, 0.4) is 0 Å². The smallest absolute Gasteiger partial charge is 0.340 e. The van der Waals surface area contributed by atoms with Crippen molar-refractivity contribution in [2.75, 3.05) is 31.6 Å². The molecule has 1 aromatic rings. The molecule has 1 N–H and O–H groups in total. The number of anilines is 1. The van der Waals surface area contributed by atoms with E-state index in [0.717, 1.165) is 13.1 Å². The molecule has 0 unspecified atom stereocenters. The fourth-order valence-corrected chi connectivity index (χ4v) is 3.29. The second-order valence-electron chi connectivity index (χ2n) is 6.45. The van der Waals surface area contributed by atoms with Gasteiger partial charge < -0.3 is 10.1 Å². The van der Waals surface area contributed by atoms with Crippen LogP contribution in [0.5, 0.6) is 0 Å². The molecule has 2 rings (SSSR count). The SMILES string of the molecule is CCOC(=O)c1ccccc1NC(=O)CN1C[C@@H](C)C[C@H](C)C1. The largest absolute Gasteiger partial charge is 0.462 e. The normalized spacial score (nSPS) is 21.7. The summed E-state index contributed by atoms with van der Waals surface area (Å²) in [6, 6.07) is 6.95. The van der Waals surface area contributed by atoms with E-state index in [1.807, 2.05) is 0 Å². The van der Waals surface area contributed by atoms with E-state index in [-0.39, 0.29) is 5.91 Å². The van der Waals surface area contributed by atoms with E-state index in [9.17, 15) is 9.59 Å². The maximum absolute atomic E-state index is 12.3. The molecule has 1 amide bonds. The van der Waals surface area contributed by atoms with Crippen LogP contribution in [0.2, 0.25) is 0 Å². The van der Waals surface area contributed by atoms with Gasteiger partial charge in [-0.25, -0.2) is 4.79 Å². The van der Waals surface area contributed by atoms with Crippen LogP contribution in [0.1, 0.15) is 37.6 Å². The average Bonchev–Trinajstić information content (AvgIpc) is 2.46. The number of rotatable bonds is 5. The number of hydrogen-bond acceptors (Lipinski definition) is 4. The molecular formula is C18H26N2O3. The van der Waals surface area contributed by atoms with Crippen molar-refractivity contribution in [3.05, 3.63) is 29.8 Å². The molecule has 5 heteroatoms. The standard InChI is InChI=1S/C18H26N2O3/c1-4-23-18(22)15-7-5-6-8-16(15)19-17(21)12-20-10-13(2)9-14(3)11-20/h5-8,13-14H,4,9-12H2,1-3H3,(H,19,21)/t13-,14-/m0/s1. The number of para-hydroxylation sites is 1. The highest BCUT2D eigenvalue weighted by Gasteiger charge is 2.23. The maximum atomic E-state index is 12.3. The van der Waals surface area contributed by atoms with Gasteiger partial charge in [0.1, 0.15) is 0 Å². The Labute approximate surface area is 138 Å². The summed E-state index contributed by atoms with van der Waals surface area (Å²) in [6.45, 7) is 8.75. The maximum Gasteiger partial charge on any atom is 0.340 e. The first-order chi connectivity index (χ1) is 11.0. The highest BCUT2D eigenvalue weighted by molar-refractivity contribution is 6.01. The predicted octanol–water partition coefficient (Wildman–Crippen LogP) is 2.78. The summed E-state index contributed by atoms with van der Waals surface area (Å²) in [6.07, 6.45) is 1.21. The summed E-state index contributed by atoms with van der Waals surface area (Å²) in [4.78, 5) is 26.4. The van der Waals surface area contributed by atoms with Crippen molar-refractivity contribution in [1.82, 2.24) is 4.90 Å². The molecule has 1 aliphatic heterocycles. The van der Waals surface area contributed by atoms with E-state index < -0.39 is 5.97 Å². The average molecular weight is 318 g/mol. The van der Waals surface area contributed by atoms with Crippen LogP contribution in [0.4, 0.5) is 5.69 Å². The Kier molecular flexibility index (Phi) is 6.16. The molecule has 0 radical (unpaired) electrons. The van der Waals surface area contributed by atoms with Crippen LogP contribution in [0.25, 0.3) is 0 Å². The van der Waals surface area contributed by atoms with Crippen LogP contribution < -0.4 is 5.32 Å². The van der Waals surface area contributed by atoms with Gasteiger partial charge in [-0.3, -0.25) is 9.69 Å². The molecule has 1 saturated heterocycles. The summed E-state index contributed by atoms with van der Waals surface area (Å²) in [7, 11) is 0. The van der Waals surface area contributed by atoms with Crippen LogP contribution in [-0.4, -0.2) is 43.0 Å². The van der Waals surface area contributed by atoms with Gasteiger partial charge in [0.05, 0.1) is 24.4 Å². The van der Waals surface area contributed by atoms with Gasteiger partial charge in [-0.15, -0.1) is 0 Å². The molecule has 1 fully saturated rings. The van der Waals surface area contributed by atoms with E-state index in [1.165, 1.54) is 6.42 Å². The van der Waals surface area contributed by atoms with Gasteiger partial charge in [-0.05, 0) is 37.3 Å². The third kappa shape index (κ3) is 5.06. The lowest BCUT2D eigenvalue weighted by Gasteiger charge is -2.34. The van der Waals surface area contributed by atoms with Gasteiger partial charge in [0.25, 0.3) is 0 Å². The van der Waals surface area contributed by atoms with Gasteiger partial charge >= 0.3 is 5.97 Å². The first kappa shape index (κ1) is 17.5. The highest BCUT2D eigenvalue weighted by Crippen LogP contribution is 2.21. The topological polar surface area (TPSA) is 58.6 Å². The van der Waals surface area contributed by atoms with E-state index in [2.05, 4.69) is 24.1 Å². The van der Waals surface area contributed by atoms with Crippen molar-refractivity contribution in [2.24, 2.45) is 11.8 Å². The number of hydrogen-bond donors (Lipinski definition) is 1. The fraction of sp³-hybridized carbons (Fsp3) is 0.556. The van der Waals surface area contributed by atoms with Crippen molar-refractivity contribution in [2.45, 2.75) is 27.2 Å².